The molecular weight excluding hydrogens is 417 g/mol. The molecule has 0 saturated carbocycles. The maximum Gasteiger partial charge on any atom is 0.191 e. The fourth-order valence-corrected chi connectivity index (χ4v) is 3.33. The monoisotopic (exact) mass is 453 g/mol. The summed E-state index contributed by atoms with van der Waals surface area (Å²) in [6.45, 7) is 11.6. The molecule has 2 heterocycles. The summed E-state index contributed by atoms with van der Waals surface area (Å²) >= 11 is 0. The molecule has 2 N–H and O–H groups in total. The fourth-order valence-electron chi connectivity index (χ4n) is 3.33. The first-order valence-electron chi connectivity index (χ1n) is 9.01. The molecular formula is C17H36IN5O. The Kier molecular flexibility index (Phi) is 9.84. The van der Waals surface area contributed by atoms with E-state index in [0.29, 0.717) is 0 Å². The van der Waals surface area contributed by atoms with Gasteiger partial charge in [0, 0.05) is 38.8 Å². The number of hydrogen-bond acceptors (Lipinski definition) is 4. The minimum absolute atomic E-state index is 0. The van der Waals surface area contributed by atoms with Crippen molar-refractivity contribution in [1.29, 1.82) is 0 Å². The van der Waals surface area contributed by atoms with Crippen molar-refractivity contribution in [3.8, 4) is 0 Å². The maximum atomic E-state index is 5.79. The Morgan fingerprint density at radius 2 is 1.88 bits per heavy atom. The molecule has 142 valence electrons. The summed E-state index contributed by atoms with van der Waals surface area (Å²) in [5, 5.41) is 6.89. The van der Waals surface area contributed by atoms with Crippen molar-refractivity contribution in [3.05, 3.63) is 0 Å². The van der Waals surface area contributed by atoms with Gasteiger partial charge in [-0.1, -0.05) is 6.42 Å². The highest BCUT2D eigenvalue weighted by Crippen LogP contribution is 2.19. The summed E-state index contributed by atoms with van der Waals surface area (Å²) in [5.41, 5.74) is 0.152. The van der Waals surface area contributed by atoms with Crippen LogP contribution in [0.15, 0.2) is 4.99 Å². The summed E-state index contributed by atoms with van der Waals surface area (Å²) in [6.07, 6.45) is 4.26. The zero-order valence-electron chi connectivity index (χ0n) is 15.8. The Hall–Kier alpha value is -0.120. The first-order chi connectivity index (χ1) is 11.0. The van der Waals surface area contributed by atoms with Crippen LogP contribution >= 0.6 is 24.0 Å². The third-order valence-electron chi connectivity index (χ3n) is 4.96. The molecule has 1 atom stereocenters. The van der Waals surface area contributed by atoms with Crippen LogP contribution in [0.5, 0.6) is 0 Å². The second kappa shape index (κ2) is 10.8. The van der Waals surface area contributed by atoms with E-state index in [1.54, 1.807) is 0 Å². The molecule has 2 aliphatic rings. The van der Waals surface area contributed by atoms with Gasteiger partial charge in [0.1, 0.15) is 0 Å². The van der Waals surface area contributed by atoms with Crippen molar-refractivity contribution >= 4 is 29.9 Å². The van der Waals surface area contributed by atoms with E-state index in [1.165, 1.54) is 32.4 Å². The van der Waals surface area contributed by atoms with E-state index in [0.717, 1.165) is 38.7 Å². The second-order valence-corrected chi connectivity index (χ2v) is 7.42. The second-order valence-electron chi connectivity index (χ2n) is 7.42. The Bertz CT molecular complexity index is 385. The van der Waals surface area contributed by atoms with Gasteiger partial charge in [-0.25, -0.2) is 0 Å². The van der Waals surface area contributed by atoms with E-state index >= 15 is 0 Å². The van der Waals surface area contributed by atoms with Crippen LogP contribution in [-0.4, -0.2) is 87.4 Å². The molecule has 0 spiro atoms. The van der Waals surface area contributed by atoms with Gasteiger partial charge >= 0.3 is 0 Å². The quantitative estimate of drug-likeness (QED) is 0.374. The normalized spacial score (nSPS) is 24.3. The molecule has 2 rings (SSSR count). The van der Waals surface area contributed by atoms with Crippen molar-refractivity contribution in [3.63, 3.8) is 0 Å². The molecule has 24 heavy (non-hydrogen) atoms. The fraction of sp³-hybridized carbons (Fsp3) is 0.941. The average molecular weight is 453 g/mol. The molecule has 0 aliphatic carbocycles. The van der Waals surface area contributed by atoms with Crippen LogP contribution in [-0.2, 0) is 4.74 Å². The molecule has 0 amide bonds. The third-order valence-corrected chi connectivity index (χ3v) is 4.96. The molecule has 2 aliphatic heterocycles. The number of piperidine rings is 1. The standard InChI is InChI=1S/C17H35N5O.HI/c1-17(2,22-8-6-5-7-9-22)14-20-16(18-3)19-12-15-13-21(4)10-11-23-15;/h15H,5-14H2,1-4H3,(H2,18,19,20);1H. The Morgan fingerprint density at radius 3 is 2.50 bits per heavy atom. The third kappa shape index (κ3) is 7.01. The van der Waals surface area contributed by atoms with Crippen molar-refractivity contribution < 1.29 is 4.74 Å². The molecule has 2 saturated heterocycles. The first kappa shape index (κ1) is 21.9. The lowest BCUT2D eigenvalue weighted by atomic mass is 9.98. The van der Waals surface area contributed by atoms with Gasteiger partial charge in [0.15, 0.2) is 5.96 Å². The van der Waals surface area contributed by atoms with E-state index in [2.05, 4.69) is 46.3 Å². The maximum absolute atomic E-state index is 5.79. The minimum Gasteiger partial charge on any atom is -0.374 e. The molecule has 0 radical (unpaired) electrons. The van der Waals surface area contributed by atoms with E-state index < -0.39 is 0 Å². The molecule has 0 aromatic heterocycles. The summed E-state index contributed by atoms with van der Waals surface area (Å²) < 4.78 is 5.79. The SMILES string of the molecule is CN=C(NCC1CN(C)CCO1)NCC(C)(C)N1CCCCC1.I. The number of guanidine groups is 1. The number of rotatable bonds is 5. The van der Waals surface area contributed by atoms with Crippen LogP contribution in [0.1, 0.15) is 33.1 Å². The Morgan fingerprint density at radius 1 is 1.17 bits per heavy atom. The van der Waals surface area contributed by atoms with E-state index in [4.69, 9.17) is 4.74 Å². The van der Waals surface area contributed by atoms with E-state index in [9.17, 15) is 0 Å². The van der Waals surface area contributed by atoms with E-state index in [-0.39, 0.29) is 35.6 Å². The topological polar surface area (TPSA) is 52.1 Å². The first-order valence-corrected chi connectivity index (χ1v) is 9.01. The molecule has 6 nitrogen and oxygen atoms in total. The van der Waals surface area contributed by atoms with Crippen LogP contribution in [0.25, 0.3) is 0 Å². The van der Waals surface area contributed by atoms with Gasteiger partial charge in [0.2, 0.25) is 0 Å². The Labute approximate surface area is 164 Å². The van der Waals surface area contributed by atoms with Crippen molar-refractivity contribution in [2.24, 2.45) is 4.99 Å². The van der Waals surface area contributed by atoms with E-state index in [1.807, 2.05) is 7.05 Å². The summed E-state index contributed by atoms with van der Waals surface area (Å²) in [4.78, 5) is 9.25. The van der Waals surface area contributed by atoms with Gasteiger partial charge in [-0.3, -0.25) is 9.89 Å². The summed E-state index contributed by atoms with van der Waals surface area (Å²) in [7, 11) is 3.97. The van der Waals surface area contributed by atoms with Crippen LogP contribution in [0.2, 0.25) is 0 Å². The molecule has 0 aromatic carbocycles. The highest BCUT2D eigenvalue weighted by Gasteiger charge is 2.28. The smallest absolute Gasteiger partial charge is 0.191 e. The number of nitrogens with one attached hydrogen (secondary N) is 2. The number of nitrogens with zero attached hydrogens (tertiary/aromatic N) is 3. The lowest BCUT2D eigenvalue weighted by Gasteiger charge is -2.41. The van der Waals surface area contributed by atoms with Crippen molar-refractivity contribution in [2.75, 3.05) is 60.0 Å². The molecule has 7 heteroatoms. The lowest BCUT2D eigenvalue weighted by molar-refractivity contribution is -0.0161. The number of halogens is 1. The Balaban J connectivity index is 0.00000288. The number of morpholine rings is 1. The number of hydrogen-bond donors (Lipinski definition) is 2. The highest BCUT2D eigenvalue weighted by atomic mass is 127. The number of aliphatic imine (C=N–C) groups is 1. The molecule has 0 aromatic rings. The van der Waals surface area contributed by atoms with Crippen molar-refractivity contribution in [1.82, 2.24) is 20.4 Å². The minimum atomic E-state index is 0. The largest absolute Gasteiger partial charge is 0.374 e. The molecule has 1 unspecified atom stereocenters. The van der Waals surface area contributed by atoms with Gasteiger partial charge in [0.05, 0.1) is 12.7 Å². The average Bonchev–Trinajstić information content (AvgIpc) is 2.56. The van der Waals surface area contributed by atoms with Crippen molar-refractivity contribution in [2.45, 2.75) is 44.8 Å². The van der Waals surface area contributed by atoms with Gasteiger partial charge < -0.3 is 20.3 Å². The number of likely N-dealkylation sites (N-methyl/N-ethyl adjacent to an activating group) is 1. The highest BCUT2D eigenvalue weighted by molar-refractivity contribution is 14.0. The lowest BCUT2D eigenvalue weighted by Crippen LogP contribution is -2.55. The van der Waals surface area contributed by atoms with Crippen LogP contribution in [0.4, 0.5) is 0 Å². The number of ether oxygens (including phenoxy) is 1. The van der Waals surface area contributed by atoms with Crippen LogP contribution < -0.4 is 10.6 Å². The molecule has 2 fully saturated rings. The van der Waals surface area contributed by atoms with Gasteiger partial charge in [-0.05, 0) is 46.8 Å². The summed E-state index contributed by atoms with van der Waals surface area (Å²) in [6, 6.07) is 0. The van der Waals surface area contributed by atoms with Gasteiger partial charge in [-0.2, -0.15) is 0 Å². The predicted octanol–water partition coefficient (Wildman–Crippen LogP) is 1.36. The summed E-state index contributed by atoms with van der Waals surface area (Å²) in [5.74, 6) is 0.868. The van der Waals surface area contributed by atoms with Crippen LogP contribution in [0, 0.1) is 0 Å². The van der Waals surface area contributed by atoms with Gasteiger partial charge in [-0.15, -0.1) is 24.0 Å². The predicted molar refractivity (Wildman–Crippen MR) is 112 cm³/mol. The van der Waals surface area contributed by atoms with Crippen LogP contribution in [0.3, 0.4) is 0 Å². The number of likely N-dealkylation sites (tertiary alicyclic amines) is 1. The van der Waals surface area contributed by atoms with Gasteiger partial charge in [0.25, 0.3) is 0 Å². The zero-order valence-corrected chi connectivity index (χ0v) is 18.1. The molecule has 0 bridgehead atoms. The zero-order chi connectivity index (χ0) is 16.7.